The molecule has 0 bridgehead atoms. The number of hydrogen-bond donors (Lipinski definition) is 1. The fourth-order valence-corrected chi connectivity index (χ4v) is 3.47. The Labute approximate surface area is 154 Å². The summed E-state index contributed by atoms with van der Waals surface area (Å²) < 4.78 is 0. The highest BCUT2D eigenvalue weighted by Crippen LogP contribution is 2.30. The minimum atomic E-state index is -0.317. The summed E-state index contributed by atoms with van der Waals surface area (Å²) in [5.41, 5.74) is 8.71. The average Bonchev–Trinajstić information content (AvgIpc) is 2.67. The van der Waals surface area contributed by atoms with E-state index in [1.807, 2.05) is 73.5 Å². The van der Waals surface area contributed by atoms with Gasteiger partial charge < -0.3 is 15.5 Å². The van der Waals surface area contributed by atoms with Crippen LogP contribution in [0.2, 0.25) is 0 Å². The van der Waals surface area contributed by atoms with Crippen molar-refractivity contribution in [3.63, 3.8) is 0 Å². The van der Waals surface area contributed by atoms with Gasteiger partial charge in [0.15, 0.2) is 0 Å². The van der Waals surface area contributed by atoms with Gasteiger partial charge in [-0.05, 0) is 30.5 Å². The lowest BCUT2D eigenvalue weighted by molar-refractivity contribution is -0.130. The standard InChI is InChI=1S/C21H25N3O2/c1-15(16-8-4-3-5-9-16)23(2)20(25)14-24-13-18(21(22)26)12-17-10-6-7-11-19(17)24/h3-11,15,18H,12-14H2,1-2H3,(H2,22,26). The minimum Gasteiger partial charge on any atom is -0.369 e. The molecule has 1 heterocycles. The molecule has 0 saturated carbocycles. The molecular weight excluding hydrogens is 326 g/mol. The molecule has 0 fully saturated rings. The van der Waals surface area contributed by atoms with Crippen molar-refractivity contribution < 1.29 is 9.59 Å². The van der Waals surface area contributed by atoms with Crippen LogP contribution >= 0.6 is 0 Å². The molecule has 2 N–H and O–H groups in total. The van der Waals surface area contributed by atoms with E-state index in [1.54, 1.807) is 4.90 Å². The first-order chi connectivity index (χ1) is 12.5. The maximum atomic E-state index is 12.9. The Morgan fingerprint density at radius 3 is 2.50 bits per heavy atom. The second-order valence-electron chi connectivity index (χ2n) is 6.90. The van der Waals surface area contributed by atoms with Crippen LogP contribution in [0.5, 0.6) is 0 Å². The highest BCUT2D eigenvalue weighted by molar-refractivity contribution is 5.84. The van der Waals surface area contributed by atoms with E-state index in [-0.39, 0.29) is 30.3 Å². The number of anilines is 1. The van der Waals surface area contributed by atoms with Crippen LogP contribution in [0.25, 0.3) is 0 Å². The van der Waals surface area contributed by atoms with Gasteiger partial charge in [0.25, 0.3) is 0 Å². The number of hydrogen-bond acceptors (Lipinski definition) is 3. The van der Waals surface area contributed by atoms with Gasteiger partial charge in [0.1, 0.15) is 0 Å². The smallest absolute Gasteiger partial charge is 0.242 e. The van der Waals surface area contributed by atoms with Crippen molar-refractivity contribution in [2.45, 2.75) is 19.4 Å². The van der Waals surface area contributed by atoms with Crippen LogP contribution < -0.4 is 10.6 Å². The van der Waals surface area contributed by atoms with E-state index in [0.29, 0.717) is 13.0 Å². The zero-order valence-corrected chi connectivity index (χ0v) is 15.3. The van der Waals surface area contributed by atoms with E-state index in [0.717, 1.165) is 16.8 Å². The van der Waals surface area contributed by atoms with Crippen molar-refractivity contribution >= 4 is 17.5 Å². The Kier molecular flexibility index (Phi) is 5.26. The summed E-state index contributed by atoms with van der Waals surface area (Å²) in [4.78, 5) is 28.3. The number of carbonyl (C=O) groups excluding carboxylic acids is 2. The first-order valence-corrected chi connectivity index (χ1v) is 8.90. The van der Waals surface area contributed by atoms with Crippen LogP contribution in [-0.4, -0.2) is 36.9 Å². The van der Waals surface area contributed by atoms with Gasteiger partial charge in [-0.3, -0.25) is 9.59 Å². The lowest BCUT2D eigenvalue weighted by Crippen LogP contribution is -2.46. The molecule has 1 aliphatic heterocycles. The molecule has 2 aromatic rings. The van der Waals surface area contributed by atoms with Crippen LogP contribution in [0.4, 0.5) is 5.69 Å². The van der Waals surface area contributed by atoms with Crippen LogP contribution in [0.15, 0.2) is 54.6 Å². The van der Waals surface area contributed by atoms with Crippen LogP contribution in [0, 0.1) is 5.92 Å². The summed E-state index contributed by atoms with van der Waals surface area (Å²) in [6, 6.07) is 17.8. The van der Waals surface area contributed by atoms with E-state index in [2.05, 4.69) is 0 Å². The molecule has 1 aliphatic rings. The van der Waals surface area contributed by atoms with Crippen molar-refractivity contribution in [3.05, 3.63) is 65.7 Å². The molecule has 0 aromatic heterocycles. The van der Waals surface area contributed by atoms with Crippen LogP contribution in [0.1, 0.15) is 24.1 Å². The average molecular weight is 351 g/mol. The number of para-hydroxylation sites is 1. The number of nitrogens with zero attached hydrogens (tertiary/aromatic N) is 2. The molecule has 2 unspecified atom stereocenters. The fourth-order valence-electron chi connectivity index (χ4n) is 3.47. The Morgan fingerprint density at radius 2 is 1.81 bits per heavy atom. The fraction of sp³-hybridized carbons (Fsp3) is 0.333. The highest BCUT2D eigenvalue weighted by atomic mass is 16.2. The normalized spacial score (nSPS) is 17.3. The SMILES string of the molecule is CC(c1ccccc1)N(C)C(=O)CN1CC(C(N)=O)Cc2ccccc21. The van der Waals surface area contributed by atoms with E-state index in [4.69, 9.17) is 5.73 Å². The van der Waals surface area contributed by atoms with Crippen molar-refractivity contribution in [1.82, 2.24) is 4.90 Å². The quantitative estimate of drug-likeness (QED) is 0.899. The predicted molar refractivity (Wildman–Crippen MR) is 103 cm³/mol. The molecule has 0 radical (unpaired) electrons. The second-order valence-corrected chi connectivity index (χ2v) is 6.90. The monoisotopic (exact) mass is 351 g/mol. The summed E-state index contributed by atoms with van der Waals surface area (Å²) in [6.45, 7) is 2.73. The maximum Gasteiger partial charge on any atom is 0.242 e. The van der Waals surface area contributed by atoms with Crippen molar-refractivity contribution in [2.24, 2.45) is 11.7 Å². The topological polar surface area (TPSA) is 66.6 Å². The van der Waals surface area contributed by atoms with Crippen LogP contribution in [-0.2, 0) is 16.0 Å². The summed E-state index contributed by atoms with van der Waals surface area (Å²) in [7, 11) is 1.82. The van der Waals surface area contributed by atoms with Gasteiger partial charge in [-0.2, -0.15) is 0 Å². The lowest BCUT2D eigenvalue weighted by Gasteiger charge is -2.36. The molecular formula is C21H25N3O2. The summed E-state index contributed by atoms with van der Waals surface area (Å²) in [5.74, 6) is -0.571. The zero-order valence-electron chi connectivity index (χ0n) is 15.3. The van der Waals surface area contributed by atoms with Crippen molar-refractivity contribution in [3.8, 4) is 0 Å². The minimum absolute atomic E-state index is 0.0151. The number of primary amides is 1. The van der Waals surface area contributed by atoms with E-state index < -0.39 is 0 Å². The van der Waals surface area contributed by atoms with Gasteiger partial charge in [-0.15, -0.1) is 0 Å². The van der Waals surface area contributed by atoms with E-state index in [9.17, 15) is 9.59 Å². The van der Waals surface area contributed by atoms with Gasteiger partial charge in [-0.25, -0.2) is 0 Å². The van der Waals surface area contributed by atoms with E-state index in [1.165, 1.54) is 0 Å². The number of carbonyl (C=O) groups is 2. The molecule has 0 saturated heterocycles. The molecule has 5 nitrogen and oxygen atoms in total. The Balaban J connectivity index is 1.76. The van der Waals surface area contributed by atoms with Crippen LogP contribution in [0.3, 0.4) is 0 Å². The molecule has 0 spiro atoms. The summed E-state index contributed by atoms with van der Waals surface area (Å²) in [5, 5.41) is 0. The number of fused-ring (bicyclic) bond motifs is 1. The van der Waals surface area contributed by atoms with Crippen molar-refractivity contribution in [1.29, 1.82) is 0 Å². The molecule has 2 amide bonds. The van der Waals surface area contributed by atoms with Gasteiger partial charge in [-0.1, -0.05) is 48.5 Å². The number of nitrogens with two attached hydrogens (primary N) is 1. The number of benzene rings is 2. The Bertz CT molecular complexity index is 791. The molecule has 2 atom stereocenters. The molecule has 3 rings (SSSR count). The third-order valence-electron chi connectivity index (χ3n) is 5.22. The number of rotatable bonds is 5. The first-order valence-electron chi connectivity index (χ1n) is 8.90. The second kappa shape index (κ2) is 7.60. The Morgan fingerprint density at radius 1 is 1.15 bits per heavy atom. The Hall–Kier alpha value is -2.82. The number of likely N-dealkylation sites (N-methyl/N-ethyl adjacent to an activating group) is 1. The predicted octanol–water partition coefficient (Wildman–Crippen LogP) is 2.37. The van der Waals surface area contributed by atoms with E-state index >= 15 is 0 Å². The third-order valence-corrected chi connectivity index (χ3v) is 5.22. The maximum absolute atomic E-state index is 12.9. The van der Waals surface area contributed by atoms with Gasteiger partial charge in [0.05, 0.1) is 18.5 Å². The van der Waals surface area contributed by atoms with Gasteiger partial charge in [0.2, 0.25) is 11.8 Å². The van der Waals surface area contributed by atoms with Crippen molar-refractivity contribution in [2.75, 3.05) is 25.0 Å². The molecule has 5 heteroatoms. The van der Waals surface area contributed by atoms with Gasteiger partial charge >= 0.3 is 0 Å². The third kappa shape index (κ3) is 3.72. The molecule has 2 aromatic carbocycles. The first kappa shape index (κ1) is 18.0. The molecule has 136 valence electrons. The number of amides is 2. The zero-order chi connectivity index (χ0) is 18.7. The largest absolute Gasteiger partial charge is 0.369 e. The lowest BCUT2D eigenvalue weighted by atomic mass is 9.92. The van der Waals surface area contributed by atoms with Gasteiger partial charge in [0, 0.05) is 19.3 Å². The summed E-state index contributed by atoms with van der Waals surface area (Å²) in [6.07, 6.45) is 0.631. The molecule has 26 heavy (non-hydrogen) atoms. The summed E-state index contributed by atoms with van der Waals surface area (Å²) >= 11 is 0. The molecule has 0 aliphatic carbocycles. The highest BCUT2D eigenvalue weighted by Gasteiger charge is 2.30.